The number of pyridine rings is 1. The quantitative estimate of drug-likeness (QED) is 0.892. The molecule has 19 heavy (non-hydrogen) atoms. The minimum atomic E-state index is 0.250. The smallest absolute Gasteiger partial charge is 0.230 e. The van der Waals surface area contributed by atoms with Crippen LogP contribution < -0.4 is 5.73 Å². The van der Waals surface area contributed by atoms with E-state index in [1.54, 1.807) is 6.20 Å². The maximum absolute atomic E-state index is 5.97. The lowest BCUT2D eigenvalue weighted by molar-refractivity contribution is 0.314. The molecule has 1 saturated carbocycles. The highest BCUT2D eigenvalue weighted by molar-refractivity contribution is 5.75. The van der Waals surface area contributed by atoms with Crippen molar-refractivity contribution in [3.8, 4) is 11.1 Å². The second-order valence-corrected chi connectivity index (χ2v) is 5.98. The molecule has 1 aliphatic rings. The predicted molar refractivity (Wildman–Crippen MR) is 74.5 cm³/mol. The highest BCUT2D eigenvalue weighted by atomic mass is 16.5. The molecule has 1 aliphatic carbocycles. The Morgan fingerprint density at radius 2 is 2.26 bits per heavy atom. The molecule has 2 aromatic heterocycles. The van der Waals surface area contributed by atoms with Gasteiger partial charge in [-0.1, -0.05) is 31.5 Å². The van der Waals surface area contributed by atoms with Gasteiger partial charge in [-0.2, -0.15) is 0 Å². The summed E-state index contributed by atoms with van der Waals surface area (Å²) in [6.45, 7) is 4.59. The molecule has 0 aromatic carbocycles. The molecule has 100 valence electrons. The van der Waals surface area contributed by atoms with Gasteiger partial charge in [0.1, 0.15) is 0 Å². The number of nitrogen functional groups attached to an aromatic ring is 1. The van der Waals surface area contributed by atoms with E-state index in [1.165, 1.54) is 12.8 Å². The second kappa shape index (κ2) is 4.37. The van der Waals surface area contributed by atoms with Gasteiger partial charge in [0.2, 0.25) is 5.88 Å². The SMILES string of the molecule is CC1(C)CCCC1c1noc(N)c1-c1cccnc1. The van der Waals surface area contributed by atoms with E-state index < -0.39 is 0 Å². The number of nitrogens with zero attached hydrogens (tertiary/aromatic N) is 2. The second-order valence-electron chi connectivity index (χ2n) is 5.98. The molecule has 0 amide bonds. The Labute approximate surface area is 113 Å². The Balaban J connectivity index is 2.09. The molecule has 0 bridgehead atoms. The van der Waals surface area contributed by atoms with Gasteiger partial charge in [0.15, 0.2) is 0 Å². The molecule has 0 saturated heterocycles. The van der Waals surface area contributed by atoms with Crippen LogP contribution in [0.25, 0.3) is 11.1 Å². The summed E-state index contributed by atoms with van der Waals surface area (Å²) in [4.78, 5) is 4.16. The summed E-state index contributed by atoms with van der Waals surface area (Å²) in [5.41, 5.74) is 9.13. The fraction of sp³-hybridized carbons (Fsp3) is 0.467. The standard InChI is InChI=1S/C15H19N3O/c1-15(2)7-3-6-11(15)13-12(14(16)19-18-13)10-5-4-8-17-9-10/h4-5,8-9,11H,3,6-7,16H2,1-2H3. The molecule has 2 aromatic rings. The molecule has 0 aliphatic heterocycles. The van der Waals surface area contributed by atoms with Crippen molar-refractivity contribution in [1.82, 2.24) is 10.1 Å². The highest BCUT2D eigenvalue weighted by Crippen LogP contribution is 2.51. The van der Waals surface area contributed by atoms with E-state index in [2.05, 4.69) is 24.0 Å². The molecular weight excluding hydrogens is 238 g/mol. The van der Waals surface area contributed by atoms with E-state index in [1.807, 2.05) is 18.3 Å². The zero-order valence-corrected chi connectivity index (χ0v) is 11.4. The summed E-state index contributed by atoms with van der Waals surface area (Å²) in [6, 6.07) is 3.91. The first-order valence-electron chi connectivity index (χ1n) is 6.75. The molecular formula is C15H19N3O. The first-order chi connectivity index (χ1) is 9.09. The molecule has 4 heteroatoms. The predicted octanol–water partition coefficient (Wildman–Crippen LogP) is 3.61. The molecule has 2 heterocycles. The summed E-state index contributed by atoms with van der Waals surface area (Å²) in [6.07, 6.45) is 7.17. The van der Waals surface area contributed by atoms with Gasteiger partial charge in [0.05, 0.1) is 11.3 Å². The maximum Gasteiger partial charge on any atom is 0.230 e. The summed E-state index contributed by atoms with van der Waals surface area (Å²) in [5, 5.41) is 4.24. The molecule has 1 unspecified atom stereocenters. The fourth-order valence-corrected chi connectivity index (χ4v) is 3.19. The number of anilines is 1. The van der Waals surface area contributed by atoms with Crippen LogP contribution in [0.5, 0.6) is 0 Å². The monoisotopic (exact) mass is 257 g/mol. The van der Waals surface area contributed by atoms with Crippen molar-refractivity contribution in [3.05, 3.63) is 30.2 Å². The zero-order chi connectivity index (χ0) is 13.5. The van der Waals surface area contributed by atoms with Gasteiger partial charge in [0, 0.05) is 23.9 Å². The first-order valence-corrected chi connectivity index (χ1v) is 6.75. The Morgan fingerprint density at radius 3 is 2.89 bits per heavy atom. The Bertz CT molecular complexity index is 574. The van der Waals surface area contributed by atoms with Crippen LogP contribution in [0.4, 0.5) is 5.88 Å². The van der Waals surface area contributed by atoms with Crippen LogP contribution in [-0.4, -0.2) is 10.1 Å². The molecule has 0 radical (unpaired) electrons. The zero-order valence-electron chi connectivity index (χ0n) is 11.4. The maximum atomic E-state index is 5.97. The Kier molecular flexibility index (Phi) is 2.81. The third-order valence-electron chi connectivity index (χ3n) is 4.28. The summed E-state index contributed by atoms with van der Waals surface area (Å²) < 4.78 is 5.26. The lowest BCUT2D eigenvalue weighted by Crippen LogP contribution is -2.16. The highest BCUT2D eigenvalue weighted by Gasteiger charge is 2.39. The third-order valence-corrected chi connectivity index (χ3v) is 4.28. The van der Waals surface area contributed by atoms with Gasteiger partial charge in [-0.15, -0.1) is 0 Å². The average molecular weight is 257 g/mol. The van der Waals surface area contributed by atoms with Gasteiger partial charge in [0.25, 0.3) is 0 Å². The third kappa shape index (κ3) is 2.01. The van der Waals surface area contributed by atoms with Crippen LogP contribution in [0.15, 0.2) is 29.0 Å². The molecule has 1 atom stereocenters. The van der Waals surface area contributed by atoms with Crippen molar-refractivity contribution < 1.29 is 4.52 Å². The lowest BCUT2D eigenvalue weighted by Gasteiger charge is -2.25. The molecule has 3 rings (SSSR count). The topological polar surface area (TPSA) is 64.9 Å². The molecule has 2 N–H and O–H groups in total. The fourth-order valence-electron chi connectivity index (χ4n) is 3.19. The lowest BCUT2D eigenvalue weighted by atomic mass is 9.78. The van der Waals surface area contributed by atoms with Crippen LogP contribution >= 0.6 is 0 Å². The van der Waals surface area contributed by atoms with Gasteiger partial charge >= 0.3 is 0 Å². The van der Waals surface area contributed by atoms with Crippen molar-refractivity contribution >= 4 is 5.88 Å². The minimum absolute atomic E-state index is 0.250. The van der Waals surface area contributed by atoms with Crippen LogP contribution in [0.1, 0.15) is 44.7 Å². The van der Waals surface area contributed by atoms with E-state index in [9.17, 15) is 0 Å². The van der Waals surface area contributed by atoms with Crippen molar-refractivity contribution in [2.75, 3.05) is 5.73 Å². The van der Waals surface area contributed by atoms with Crippen molar-refractivity contribution in [3.63, 3.8) is 0 Å². The van der Waals surface area contributed by atoms with Crippen LogP contribution in [-0.2, 0) is 0 Å². The number of hydrogen-bond acceptors (Lipinski definition) is 4. The first kappa shape index (κ1) is 12.2. The van der Waals surface area contributed by atoms with E-state index in [0.29, 0.717) is 11.8 Å². The van der Waals surface area contributed by atoms with Crippen LogP contribution in [0.3, 0.4) is 0 Å². The van der Waals surface area contributed by atoms with Crippen molar-refractivity contribution in [1.29, 1.82) is 0 Å². The summed E-state index contributed by atoms with van der Waals surface area (Å²) in [7, 11) is 0. The molecule has 0 spiro atoms. The Morgan fingerprint density at radius 1 is 1.42 bits per heavy atom. The largest absolute Gasteiger partial charge is 0.367 e. The number of rotatable bonds is 2. The van der Waals surface area contributed by atoms with Crippen LogP contribution in [0, 0.1) is 5.41 Å². The van der Waals surface area contributed by atoms with Crippen LogP contribution in [0.2, 0.25) is 0 Å². The van der Waals surface area contributed by atoms with E-state index in [4.69, 9.17) is 10.3 Å². The van der Waals surface area contributed by atoms with E-state index in [0.717, 1.165) is 23.2 Å². The summed E-state index contributed by atoms with van der Waals surface area (Å²) in [5.74, 6) is 0.800. The van der Waals surface area contributed by atoms with Gasteiger partial charge < -0.3 is 10.3 Å². The normalized spacial score (nSPS) is 21.7. The molecule has 4 nitrogen and oxygen atoms in total. The van der Waals surface area contributed by atoms with Crippen molar-refractivity contribution in [2.24, 2.45) is 5.41 Å². The van der Waals surface area contributed by atoms with Gasteiger partial charge in [-0.25, -0.2) is 0 Å². The van der Waals surface area contributed by atoms with Crippen molar-refractivity contribution in [2.45, 2.75) is 39.0 Å². The van der Waals surface area contributed by atoms with E-state index in [-0.39, 0.29) is 5.41 Å². The molecule has 1 fully saturated rings. The number of hydrogen-bond donors (Lipinski definition) is 1. The van der Waals surface area contributed by atoms with E-state index >= 15 is 0 Å². The Hall–Kier alpha value is -1.84. The number of nitrogens with two attached hydrogens (primary N) is 1. The summed E-state index contributed by atoms with van der Waals surface area (Å²) >= 11 is 0. The van der Waals surface area contributed by atoms with Gasteiger partial charge in [-0.05, 0) is 24.3 Å². The number of aromatic nitrogens is 2. The average Bonchev–Trinajstić information content (AvgIpc) is 2.92. The minimum Gasteiger partial charge on any atom is -0.367 e. The van der Waals surface area contributed by atoms with Gasteiger partial charge in [-0.3, -0.25) is 4.98 Å².